The summed E-state index contributed by atoms with van der Waals surface area (Å²) in [6, 6.07) is 17.0. The third kappa shape index (κ3) is 7.75. The van der Waals surface area contributed by atoms with Crippen molar-refractivity contribution >= 4 is 29.9 Å². The van der Waals surface area contributed by atoms with Gasteiger partial charge >= 0.3 is 0 Å². The van der Waals surface area contributed by atoms with Crippen molar-refractivity contribution in [2.24, 2.45) is 4.99 Å². The van der Waals surface area contributed by atoms with Crippen molar-refractivity contribution in [3.63, 3.8) is 0 Å². The molecule has 0 saturated heterocycles. The second-order valence-electron chi connectivity index (χ2n) is 7.71. The van der Waals surface area contributed by atoms with E-state index in [0.717, 1.165) is 24.4 Å². The summed E-state index contributed by atoms with van der Waals surface area (Å²) in [5, 5.41) is 6.68. The Morgan fingerprint density at radius 1 is 1.12 bits per heavy atom. The van der Waals surface area contributed by atoms with Crippen LogP contribution in [0.25, 0.3) is 0 Å². The average molecular weight is 566 g/mol. The van der Waals surface area contributed by atoms with E-state index in [0.29, 0.717) is 12.5 Å². The maximum atomic E-state index is 14.1. The Kier molecular flexibility index (Phi) is 10.7. The van der Waals surface area contributed by atoms with Crippen molar-refractivity contribution in [2.45, 2.75) is 32.6 Å². The van der Waals surface area contributed by atoms with Crippen molar-refractivity contribution in [1.82, 2.24) is 15.5 Å². The number of nitrogens with zero attached hydrogens (tertiary/aromatic N) is 2. The van der Waals surface area contributed by atoms with Crippen LogP contribution in [-0.2, 0) is 19.6 Å². The molecule has 2 N–H and O–H groups in total. The summed E-state index contributed by atoms with van der Waals surface area (Å²) < 4.78 is 24.5. The molecular weight excluding hydrogens is 534 g/mol. The highest BCUT2D eigenvalue weighted by atomic mass is 127. The Balaban J connectivity index is 0.00000385. The van der Waals surface area contributed by atoms with Crippen LogP contribution in [-0.4, -0.2) is 32.1 Å². The molecule has 3 aromatic rings. The minimum Gasteiger partial charge on any atom is -0.494 e. The molecule has 0 bridgehead atoms. The molecule has 3 rings (SSSR count). The van der Waals surface area contributed by atoms with Gasteiger partial charge in [0.25, 0.3) is 0 Å². The van der Waals surface area contributed by atoms with Gasteiger partial charge in [-0.2, -0.15) is 0 Å². The fourth-order valence-corrected chi connectivity index (χ4v) is 3.51. The normalized spacial score (nSPS) is 12.2. The second-order valence-corrected chi connectivity index (χ2v) is 7.71. The molecule has 1 aromatic heterocycles. The first-order valence-electron chi connectivity index (χ1n) is 10.6. The van der Waals surface area contributed by atoms with Gasteiger partial charge in [0.05, 0.1) is 26.0 Å². The molecule has 0 spiro atoms. The maximum Gasteiger partial charge on any atom is 0.191 e. The van der Waals surface area contributed by atoms with Gasteiger partial charge in [0, 0.05) is 20.1 Å². The fraction of sp³-hybridized carbons (Fsp3) is 0.320. The number of hydrogen-bond acceptors (Lipinski definition) is 4. The summed E-state index contributed by atoms with van der Waals surface area (Å²) >= 11 is 0. The summed E-state index contributed by atoms with van der Waals surface area (Å²) in [4.78, 5) is 6.53. The number of rotatable bonds is 9. The Bertz CT molecular complexity index is 1030. The van der Waals surface area contributed by atoms with E-state index in [1.54, 1.807) is 19.4 Å². The average Bonchev–Trinajstić information content (AvgIpc) is 3.30. The summed E-state index contributed by atoms with van der Waals surface area (Å²) in [5.74, 6) is 1.44. The van der Waals surface area contributed by atoms with E-state index in [9.17, 15) is 4.39 Å². The number of benzene rings is 2. The van der Waals surface area contributed by atoms with Crippen LogP contribution in [0.5, 0.6) is 5.75 Å². The molecule has 178 valence electrons. The van der Waals surface area contributed by atoms with Crippen molar-refractivity contribution in [1.29, 1.82) is 0 Å². The van der Waals surface area contributed by atoms with Gasteiger partial charge in [-0.3, -0.25) is 9.89 Å². The van der Waals surface area contributed by atoms with Crippen LogP contribution in [0.1, 0.15) is 35.4 Å². The van der Waals surface area contributed by atoms with Gasteiger partial charge < -0.3 is 19.8 Å². The largest absolute Gasteiger partial charge is 0.494 e. The number of halogens is 2. The Morgan fingerprint density at radius 3 is 2.52 bits per heavy atom. The zero-order valence-corrected chi connectivity index (χ0v) is 21.8. The van der Waals surface area contributed by atoms with Crippen molar-refractivity contribution in [2.75, 3.05) is 21.2 Å². The molecule has 0 fully saturated rings. The molecule has 1 atom stereocenters. The van der Waals surface area contributed by atoms with Gasteiger partial charge in [0.1, 0.15) is 5.76 Å². The van der Waals surface area contributed by atoms with E-state index in [4.69, 9.17) is 9.15 Å². The number of methoxy groups -OCH3 is 1. The van der Waals surface area contributed by atoms with Crippen molar-refractivity contribution < 1.29 is 13.5 Å². The van der Waals surface area contributed by atoms with Gasteiger partial charge in [0.15, 0.2) is 17.5 Å². The summed E-state index contributed by atoms with van der Waals surface area (Å²) in [6.45, 7) is 4.12. The van der Waals surface area contributed by atoms with Gasteiger partial charge in [0.2, 0.25) is 0 Å². The second kappa shape index (κ2) is 13.2. The van der Waals surface area contributed by atoms with Gasteiger partial charge in [-0.1, -0.05) is 30.3 Å². The maximum absolute atomic E-state index is 14.1. The zero-order valence-electron chi connectivity index (χ0n) is 19.5. The lowest BCUT2D eigenvalue weighted by atomic mass is 10.1. The van der Waals surface area contributed by atoms with Gasteiger partial charge in [-0.05, 0) is 54.9 Å². The van der Waals surface area contributed by atoms with E-state index < -0.39 is 0 Å². The molecule has 0 aliphatic rings. The predicted molar refractivity (Wildman–Crippen MR) is 140 cm³/mol. The Labute approximate surface area is 212 Å². The highest BCUT2D eigenvalue weighted by molar-refractivity contribution is 14.0. The lowest BCUT2D eigenvalue weighted by molar-refractivity contribution is 0.287. The van der Waals surface area contributed by atoms with Crippen LogP contribution in [0.3, 0.4) is 0 Å². The number of nitrogens with one attached hydrogen (secondary N) is 2. The van der Waals surface area contributed by atoms with Crippen LogP contribution in [0.4, 0.5) is 4.39 Å². The van der Waals surface area contributed by atoms with Crippen LogP contribution in [0.15, 0.2) is 70.3 Å². The van der Waals surface area contributed by atoms with Crippen LogP contribution in [0, 0.1) is 5.82 Å². The van der Waals surface area contributed by atoms with E-state index in [2.05, 4.69) is 39.7 Å². The standard InChI is InChI=1S/C25H31FN4O2.HI/c1-18(19-11-12-24(31-4)23(26)14-19)29-25(27-2)28-15-20-8-5-6-9-21(20)16-30(3)17-22-10-7-13-32-22;/h5-14,18H,15-17H2,1-4H3,(H2,27,28,29);1H. The van der Waals surface area contributed by atoms with Crippen LogP contribution in [0.2, 0.25) is 0 Å². The highest BCUT2D eigenvalue weighted by Gasteiger charge is 2.12. The minimum absolute atomic E-state index is 0. The lowest BCUT2D eigenvalue weighted by Gasteiger charge is -2.21. The number of guanidine groups is 1. The molecular formula is C25H32FIN4O2. The monoisotopic (exact) mass is 566 g/mol. The highest BCUT2D eigenvalue weighted by Crippen LogP contribution is 2.21. The lowest BCUT2D eigenvalue weighted by Crippen LogP contribution is -2.38. The number of aliphatic imine (C=N–C) groups is 1. The molecule has 0 saturated carbocycles. The molecule has 0 aliphatic carbocycles. The van der Waals surface area contributed by atoms with Crippen LogP contribution < -0.4 is 15.4 Å². The SMILES string of the molecule is CN=C(NCc1ccccc1CN(C)Cc1ccco1)NC(C)c1ccc(OC)c(F)c1.I. The Morgan fingerprint density at radius 2 is 1.88 bits per heavy atom. The predicted octanol–water partition coefficient (Wildman–Crippen LogP) is 5.10. The minimum atomic E-state index is -0.380. The molecule has 8 heteroatoms. The fourth-order valence-electron chi connectivity index (χ4n) is 3.51. The summed E-state index contributed by atoms with van der Waals surface area (Å²) in [6.07, 6.45) is 1.70. The first kappa shape index (κ1) is 26.7. The number of hydrogen-bond donors (Lipinski definition) is 2. The van der Waals surface area contributed by atoms with Crippen LogP contribution >= 0.6 is 24.0 Å². The molecule has 2 aromatic carbocycles. The zero-order chi connectivity index (χ0) is 22.9. The summed E-state index contributed by atoms with van der Waals surface area (Å²) in [5.41, 5.74) is 3.23. The Hall–Kier alpha value is -2.59. The molecule has 1 heterocycles. The molecule has 0 aliphatic heterocycles. The summed E-state index contributed by atoms with van der Waals surface area (Å²) in [7, 11) is 5.25. The first-order valence-corrected chi connectivity index (χ1v) is 10.6. The third-order valence-corrected chi connectivity index (χ3v) is 5.26. The van der Waals surface area contributed by atoms with Crippen molar-refractivity contribution in [3.8, 4) is 5.75 Å². The quantitative estimate of drug-likeness (QED) is 0.214. The number of ether oxygens (including phenoxy) is 1. The molecule has 33 heavy (non-hydrogen) atoms. The van der Waals surface area contributed by atoms with E-state index in [1.165, 1.54) is 24.3 Å². The molecule has 6 nitrogen and oxygen atoms in total. The molecule has 0 radical (unpaired) electrons. The first-order chi connectivity index (χ1) is 15.5. The smallest absolute Gasteiger partial charge is 0.191 e. The molecule has 0 amide bonds. The van der Waals surface area contributed by atoms with E-state index in [-0.39, 0.29) is 41.6 Å². The van der Waals surface area contributed by atoms with E-state index >= 15 is 0 Å². The third-order valence-electron chi connectivity index (χ3n) is 5.26. The van der Waals surface area contributed by atoms with Gasteiger partial charge in [-0.25, -0.2) is 4.39 Å². The number of furan rings is 1. The molecule has 1 unspecified atom stereocenters. The van der Waals surface area contributed by atoms with Crippen molar-refractivity contribution in [3.05, 3.63) is 89.1 Å². The van der Waals surface area contributed by atoms with E-state index in [1.807, 2.05) is 37.3 Å². The topological polar surface area (TPSA) is 62.0 Å². The van der Waals surface area contributed by atoms with Gasteiger partial charge in [-0.15, -0.1) is 24.0 Å².